The Balaban J connectivity index is 1.75. The fourth-order valence-electron chi connectivity index (χ4n) is 2.47. The second kappa shape index (κ2) is 5.68. The molecule has 23 heavy (non-hydrogen) atoms. The van der Waals surface area contributed by atoms with Gasteiger partial charge in [-0.1, -0.05) is 24.2 Å². The Morgan fingerprint density at radius 2 is 1.83 bits per heavy atom. The van der Waals surface area contributed by atoms with Crippen molar-refractivity contribution in [1.29, 1.82) is 0 Å². The van der Waals surface area contributed by atoms with Gasteiger partial charge < -0.3 is 9.26 Å². The van der Waals surface area contributed by atoms with E-state index in [4.69, 9.17) is 9.26 Å². The summed E-state index contributed by atoms with van der Waals surface area (Å²) in [4.78, 5) is 37.4. The number of ether oxygens (including phenoxy) is 1. The molecule has 0 radical (unpaired) electrons. The molecule has 3 rings (SSSR count). The Bertz CT molecular complexity index is 774. The van der Waals surface area contributed by atoms with Crippen molar-refractivity contribution in [2.75, 3.05) is 6.73 Å². The highest BCUT2D eigenvalue weighted by Crippen LogP contribution is 2.23. The first kappa shape index (κ1) is 15.0. The molecule has 0 saturated carbocycles. The van der Waals surface area contributed by atoms with Crippen molar-refractivity contribution in [3.8, 4) is 0 Å². The van der Waals surface area contributed by atoms with Gasteiger partial charge in [0, 0.05) is 0 Å². The van der Waals surface area contributed by atoms with Gasteiger partial charge in [0.15, 0.2) is 6.73 Å². The van der Waals surface area contributed by atoms with Crippen LogP contribution < -0.4 is 0 Å². The van der Waals surface area contributed by atoms with Gasteiger partial charge in [0.1, 0.15) is 11.3 Å². The first-order chi connectivity index (χ1) is 11.0. The van der Waals surface area contributed by atoms with Gasteiger partial charge >= 0.3 is 5.97 Å². The molecule has 2 amide bonds. The molecule has 0 aliphatic carbocycles. The summed E-state index contributed by atoms with van der Waals surface area (Å²) in [6.45, 7) is 2.99. The van der Waals surface area contributed by atoms with Crippen molar-refractivity contribution >= 4 is 17.8 Å². The molecule has 0 N–H and O–H groups in total. The number of fused-ring (bicyclic) bond motifs is 1. The number of aromatic nitrogens is 1. The van der Waals surface area contributed by atoms with E-state index in [-0.39, 0.29) is 5.56 Å². The van der Waals surface area contributed by atoms with Gasteiger partial charge in [-0.2, -0.15) is 0 Å². The molecule has 2 heterocycles. The number of hydrogen-bond donors (Lipinski definition) is 0. The molecule has 1 aliphatic rings. The molecule has 1 aromatic carbocycles. The lowest BCUT2D eigenvalue weighted by atomic mass is 10.1. The number of carbonyl (C=O) groups is 3. The molecule has 118 valence electrons. The number of benzene rings is 1. The number of esters is 1. The van der Waals surface area contributed by atoms with Crippen LogP contribution in [0.3, 0.4) is 0 Å². The van der Waals surface area contributed by atoms with Gasteiger partial charge in [-0.3, -0.25) is 9.59 Å². The topological polar surface area (TPSA) is 89.7 Å². The van der Waals surface area contributed by atoms with Gasteiger partial charge in [-0.15, -0.1) is 0 Å². The Morgan fingerprint density at radius 3 is 2.39 bits per heavy atom. The van der Waals surface area contributed by atoms with Crippen LogP contribution in [-0.2, 0) is 11.2 Å². The molecule has 0 fully saturated rings. The molecular weight excluding hydrogens is 300 g/mol. The molecule has 7 heteroatoms. The maximum atomic E-state index is 12.2. The lowest BCUT2D eigenvalue weighted by Crippen LogP contribution is -2.33. The van der Waals surface area contributed by atoms with E-state index in [1.54, 1.807) is 31.2 Å². The highest BCUT2D eigenvalue weighted by molar-refractivity contribution is 6.21. The number of amides is 2. The molecule has 2 aromatic rings. The summed E-state index contributed by atoms with van der Waals surface area (Å²) in [6.07, 6.45) is 0.509. The average Bonchev–Trinajstić information content (AvgIpc) is 3.05. The van der Waals surface area contributed by atoms with E-state index in [1.165, 1.54) is 0 Å². The summed E-state index contributed by atoms with van der Waals surface area (Å²) in [5, 5.41) is 3.77. The number of hydrogen-bond acceptors (Lipinski definition) is 6. The van der Waals surface area contributed by atoms with Gasteiger partial charge in [0.25, 0.3) is 11.8 Å². The molecule has 0 spiro atoms. The fourth-order valence-corrected chi connectivity index (χ4v) is 2.47. The normalized spacial score (nSPS) is 13.4. The molecule has 1 aromatic heterocycles. The molecule has 0 unspecified atom stereocenters. The lowest BCUT2D eigenvalue weighted by molar-refractivity contribution is 0.0226. The standard InChI is InChI=1S/C16H14N2O5/c1-3-12-13(9(2)23-17-12)16(21)22-8-18-14(19)10-6-4-5-7-11(10)15(18)20/h4-7H,3,8H2,1-2H3. The minimum absolute atomic E-state index is 0.240. The minimum Gasteiger partial charge on any atom is -0.440 e. The van der Waals surface area contributed by atoms with E-state index in [1.807, 2.05) is 6.92 Å². The summed E-state index contributed by atoms with van der Waals surface area (Å²) in [5.74, 6) is -1.28. The van der Waals surface area contributed by atoms with Crippen LogP contribution in [0.1, 0.15) is 49.5 Å². The van der Waals surface area contributed by atoms with Crippen molar-refractivity contribution in [1.82, 2.24) is 10.1 Å². The smallest absolute Gasteiger partial charge is 0.345 e. The molecule has 7 nitrogen and oxygen atoms in total. The number of carbonyl (C=O) groups excluding carboxylic acids is 3. The van der Waals surface area contributed by atoms with Crippen LogP contribution in [0.15, 0.2) is 28.8 Å². The highest BCUT2D eigenvalue weighted by atomic mass is 16.5. The summed E-state index contributed by atoms with van der Waals surface area (Å²) in [7, 11) is 0. The van der Waals surface area contributed by atoms with E-state index in [9.17, 15) is 14.4 Å². The number of imide groups is 1. The van der Waals surface area contributed by atoms with Crippen molar-refractivity contribution in [3.05, 3.63) is 52.4 Å². The fraction of sp³-hybridized carbons (Fsp3) is 0.250. The quantitative estimate of drug-likeness (QED) is 0.633. The van der Waals surface area contributed by atoms with Crippen LogP contribution in [0.2, 0.25) is 0 Å². The van der Waals surface area contributed by atoms with Gasteiger partial charge in [-0.25, -0.2) is 9.69 Å². The van der Waals surface area contributed by atoms with Gasteiger partial charge in [0.2, 0.25) is 0 Å². The molecule has 0 bridgehead atoms. The minimum atomic E-state index is -0.669. The predicted octanol–water partition coefficient (Wildman–Crippen LogP) is 1.96. The van der Waals surface area contributed by atoms with E-state index in [2.05, 4.69) is 5.16 Å². The van der Waals surface area contributed by atoms with Crippen LogP contribution in [0, 0.1) is 6.92 Å². The summed E-state index contributed by atoms with van der Waals surface area (Å²) in [6, 6.07) is 6.48. The molecule has 1 aliphatic heterocycles. The van der Waals surface area contributed by atoms with Crippen molar-refractivity contribution < 1.29 is 23.6 Å². The maximum Gasteiger partial charge on any atom is 0.345 e. The highest BCUT2D eigenvalue weighted by Gasteiger charge is 2.36. The lowest BCUT2D eigenvalue weighted by Gasteiger charge is -2.13. The Kier molecular flexibility index (Phi) is 3.69. The van der Waals surface area contributed by atoms with E-state index in [0.29, 0.717) is 29.0 Å². The number of rotatable bonds is 4. The third-order valence-corrected chi connectivity index (χ3v) is 3.68. The zero-order valence-corrected chi connectivity index (χ0v) is 12.7. The Hall–Kier alpha value is -2.96. The second-order valence-corrected chi connectivity index (χ2v) is 5.06. The van der Waals surface area contributed by atoms with Crippen LogP contribution in [0.4, 0.5) is 0 Å². The summed E-state index contributed by atoms with van der Waals surface area (Å²) < 4.78 is 10.1. The summed E-state index contributed by atoms with van der Waals surface area (Å²) >= 11 is 0. The molecular formula is C16H14N2O5. The van der Waals surface area contributed by atoms with Gasteiger partial charge in [0.05, 0.1) is 16.8 Å². The van der Waals surface area contributed by atoms with E-state index in [0.717, 1.165) is 4.90 Å². The second-order valence-electron chi connectivity index (χ2n) is 5.06. The third kappa shape index (κ3) is 2.40. The molecule has 0 saturated heterocycles. The van der Waals surface area contributed by atoms with Crippen molar-refractivity contribution in [2.24, 2.45) is 0 Å². The van der Waals surface area contributed by atoms with Crippen molar-refractivity contribution in [3.63, 3.8) is 0 Å². The third-order valence-electron chi connectivity index (χ3n) is 3.68. The van der Waals surface area contributed by atoms with Gasteiger partial charge in [-0.05, 0) is 25.5 Å². The molecule has 0 atom stereocenters. The average molecular weight is 314 g/mol. The van der Waals surface area contributed by atoms with E-state index >= 15 is 0 Å². The van der Waals surface area contributed by atoms with Crippen LogP contribution >= 0.6 is 0 Å². The number of aryl methyl sites for hydroxylation is 2. The first-order valence-corrected chi connectivity index (χ1v) is 7.12. The van der Waals surface area contributed by atoms with Crippen LogP contribution in [0.25, 0.3) is 0 Å². The van der Waals surface area contributed by atoms with Crippen molar-refractivity contribution in [2.45, 2.75) is 20.3 Å². The van der Waals surface area contributed by atoms with Crippen LogP contribution in [-0.4, -0.2) is 34.6 Å². The zero-order chi connectivity index (χ0) is 16.6. The van der Waals surface area contributed by atoms with Crippen LogP contribution in [0.5, 0.6) is 0 Å². The number of nitrogens with zero attached hydrogens (tertiary/aromatic N) is 2. The monoisotopic (exact) mass is 314 g/mol. The Morgan fingerprint density at radius 1 is 1.22 bits per heavy atom. The van der Waals surface area contributed by atoms with E-state index < -0.39 is 24.5 Å². The Labute approximate surface area is 131 Å². The SMILES string of the molecule is CCc1noc(C)c1C(=O)OCN1C(=O)c2ccccc2C1=O. The largest absolute Gasteiger partial charge is 0.440 e. The predicted molar refractivity (Wildman–Crippen MR) is 77.8 cm³/mol. The zero-order valence-electron chi connectivity index (χ0n) is 12.7. The first-order valence-electron chi connectivity index (χ1n) is 7.12. The summed E-state index contributed by atoms with van der Waals surface area (Å²) in [5.41, 5.74) is 1.34. The maximum absolute atomic E-state index is 12.2.